The maximum absolute atomic E-state index is 12.1. The molecule has 5 heteroatoms. The number of amides is 1. The smallest absolute Gasteiger partial charge is 0.251 e. The molecule has 2 rings (SSSR count). The van der Waals surface area contributed by atoms with Crippen LogP contribution in [0.15, 0.2) is 18.2 Å². The van der Waals surface area contributed by atoms with Gasteiger partial charge in [-0.15, -0.1) is 0 Å². The molecule has 1 aliphatic heterocycles. The lowest BCUT2D eigenvalue weighted by atomic mass is 10.1. The first-order valence-electron chi connectivity index (χ1n) is 6.99. The number of likely N-dealkylation sites (N-methyl/N-ethyl adjacent to an activating group) is 1. The second-order valence-electron chi connectivity index (χ2n) is 5.14. The normalized spacial score (nSPS) is 13.6. The Morgan fingerprint density at radius 3 is 2.95 bits per heavy atom. The lowest BCUT2D eigenvalue weighted by molar-refractivity contribution is 0.0947. The van der Waals surface area contributed by atoms with Gasteiger partial charge in [-0.1, -0.05) is 6.07 Å². The SMILES string of the molecule is COCCN(C)CCNC(=O)c1ccc2c(c1)CNC2. The number of benzene rings is 1. The molecule has 1 aromatic carbocycles. The van der Waals surface area contributed by atoms with Gasteiger partial charge >= 0.3 is 0 Å². The zero-order chi connectivity index (χ0) is 14.4. The molecule has 20 heavy (non-hydrogen) atoms. The van der Waals surface area contributed by atoms with Crippen molar-refractivity contribution >= 4 is 5.91 Å². The van der Waals surface area contributed by atoms with Gasteiger partial charge in [0.2, 0.25) is 0 Å². The van der Waals surface area contributed by atoms with E-state index < -0.39 is 0 Å². The molecule has 5 nitrogen and oxygen atoms in total. The third-order valence-electron chi connectivity index (χ3n) is 3.56. The Morgan fingerprint density at radius 1 is 1.35 bits per heavy atom. The summed E-state index contributed by atoms with van der Waals surface area (Å²) in [7, 11) is 3.71. The van der Waals surface area contributed by atoms with Crippen LogP contribution >= 0.6 is 0 Å². The van der Waals surface area contributed by atoms with Crippen LogP contribution in [0.1, 0.15) is 21.5 Å². The topological polar surface area (TPSA) is 53.6 Å². The van der Waals surface area contributed by atoms with E-state index in [0.717, 1.165) is 31.7 Å². The summed E-state index contributed by atoms with van der Waals surface area (Å²) < 4.78 is 5.02. The van der Waals surface area contributed by atoms with E-state index in [9.17, 15) is 4.79 Å². The van der Waals surface area contributed by atoms with E-state index in [-0.39, 0.29) is 5.91 Å². The predicted molar refractivity (Wildman–Crippen MR) is 78.7 cm³/mol. The first-order chi connectivity index (χ1) is 9.70. The fourth-order valence-corrected chi connectivity index (χ4v) is 2.26. The molecular formula is C15H23N3O2. The highest BCUT2D eigenvalue weighted by atomic mass is 16.5. The van der Waals surface area contributed by atoms with Gasteiger partial charge in [0, 0.05) is 45.4 Å². The maximum atomic E-state index is 12.1. The minimum atomic E-state index is -0.000147. The fraction of sp³-hybridized carbons (Fsp3) is 0.533. The van der Waals surface area contributed by atoms with E-state index in [1.807, 2.05) is 25.2 Å². The van der Waals surface area contributed by atoms with E-state index in [0.29, 0.717) is 13.2 Å². The van der Waals surface area contributed by atoms with Crippen LogP contribution in [-0.2, 0) is 17.8 Å². The van der Waals surface area contributed by atoms with E-state index >= 15 is 0 Å². The average molecular weight is 277 g/mol. The molecule has 1 amide bonds. The molecule has 1 aromatic rings. The van der Waals surface area contributed by atoms with Crippen LogP contribution in [0.2, 0.25) is 0 Å². The van der Waals surface area contributed by atoms with Crippen molar-refractivity contribution in [3.05, 3.63) is 34.9 Å². The number of nitrogens with zero attached hydrogens (tertiary/aromatic N) is 1. The molecule has 0 unspecified atom stereocenters. The molecule has 0 atom stereocenters. The van der Waals surface area contributed by atoms with Gasteiger partial charge in [-0.25, -0.2) is 0 Å². The lowest BCUT2D eigenvalue weighted by Gasteiger charge is -2.16. The molecule has 0 aromatic heterocycles. The standard InChI is InChI=1S/C15H23N3O2/c1-18(7-8-20-2)6-5-17-15(19)12-3-4-13-10-16-11-14(13)9-12/h3-4,9,16H,5-8,10-11H2,1-2H3,(H,17,19). The van der Waals surface area contributed by atoms with Gasteiger partial charge in [0.05, 0.1) is 6.61 Å². The summed E-state index contributed by atoms with van der Waals surface area (Å²) in [6, 6.07) is 5.92. The Balaban J connectivity index is 1.77. The number of carbonyl (C=O) groups is 1. The molecular weight excluding hydrogens is 254 g/mol. The van der Waals surface area contributed by atoms with Crippen molar-refractivity contribution < 1.29 is 9.53 Å². The molecule has 2 N–H and O–H groups in total. The van der Waals surface area contributed by atoms with E-state index in [1.54, 1.807) is 7.11 Å². The van der Waals surface area contributed by atoms with Gasteiger partial charge in [-0.3, -0.25) is 4.79 Å². The number of carbonyl (C=O) groups excluding carboxylic acids is 1. The van der Waals surface area contributed by atoms with Crippen LogP contribution in [0.5, 0.6) is 0 Å². The summed E-state index contributed by atoms with van der Waals surface area (Å²) in [5.41, 5.74) is 3.27. The predicted octanol–water partition coefficient (Wildman–Crippen LogP) is 0.598. The summed E-state index contributed by atoms with van der Waals surface area (Å²) in [4.78, 5) is 14.2. The first-order valence-corrected chi connectivity index (χ1v) is 6.99. The Morgan fingerprint density at radius 2 is 2.15 bits per heavy atom. The highest BCUT2D eigenvalue weighted by molar-refractivity contribution is 5.94. The molecule has 0 bridgehead atoms. The molecule has 0 fully saturated rings. The van der Waals surface area contributed by atoms with E-state index in [2.05, 4.69) is 15.5 Å². The molecule has 1 aliphatic rings. The van der Waals surface area contributed by atoms with Crippen molar-refractivity contribution in [3.8, 4) is 0 Å². The van der Waals surface area contributed by atoms with Gasteiger partial charge in [0.15, 0.2) is 0 Å². The minimum Gasteiger partial charge on any atom is -0.383 e. The summed E-state index contributed by atoms with van der Waals surface area (Å²) in [5.74, 6) is -0.000147. The van der Waals surface area contributed by atoms with E-state index in [1.165, 1.54) is 11.1 Å². The molecule has 0 aliphatic carbocycles. The Bertz CT molecular complexity index is 462. The van der Waals surface area contributed by atoms with Gasteiger partial charge in [0.25, 0.3) is 5.91 Å². The van der Waals surface area contributed by atoms with Gasteiger partial charge < -0.3 is 20.3 Å². The van der Waals surface area contributed by atoms with E-state index in [4.69, 9.17) is 4.74 Å². The Kier molecular flexibility index (Phi) is 5.52. The second-order valence-corrected chi connectivity index (χ2v) is 5.14. The van der Waals surface area contributed by atoms with Crippen molar-refractivity contribution in [2.24, 2.45) is 0 Å². The number of rotatable bonds is 7. The third-order valence-corrected chi connectivity index (χ3v) is 3.56. The zero-order valence-corrected chi connectivity index (χ0v) is 12.2. The first kappa shape index (κ1) is 15.0. The Labute approximate surface area is 120 Å². The molecule has 0 spiro atoms. The summed E-state index contributed by atoms with van der Waals surface area (Å²) in [6.07, 6.45) is 0. The summed E-state index contributed by atoms with van der Waals surface area (Å²) in [5, 5.41) is 6.24. The highest BCUT2D eigenvalue weighted by Gasteiger charge is 2.13. The van der Waals surface area contributed by atoms with Crippen molar-refractivity contribution in [2.45, 2.75) is 13.1 Å². The van der Waals surface area contributed by atoms with Crippen LogP contribution in [0.25, 0.3) is 0 Å². The highest BCUT2D eigenvalue weighted by Crippen LogP contribution is 2.16. The maximum Gasteiger partial charge on any atom is 0.251 e. The van der Waals surface area contributed by atoms with Gasteiger partial charge in [-0.2, -0.15) is 0 Å². The van der Waals surface area contributed by atoms with Crippen molar-refractivity contribution in [1.82, 2.24) is 15.5 Å². The summed E-state index contributed by atoms with van der Waals surface area (Å²) >= 11 is 0. The zero-order valence-electron chi connectivity index (χ0n) is 12.2. The fourth-order valence-electron chi connectivity index (χ4n) is 2.26. The average Bonchev–Trinajstić information content (AvgIpc) is 2.92. The van der Waals surface area contributed by atoms with Crippen LogP contribution in [0, 0.1) is 0 Å². The quantitative estimate of drug-likeness (QED) is 0.766. The molecule has 110 valence electrons. The number of hydrogen-bond acceptors (Lipinski definition) is 4. The molecule has 0 saturated heterocycles. The molecule has 0 radical (unpaired) electrons. The number of ether oxygens (including phenoxy) is 1. The Hall–Kier alpha value is -1.43. The van der Waals surface area contributed by atoms with Crippen molar-refractivity contribution in [2.75, 3.05) is 40.4 Å². The van der Waals surface area contributed by atoms with Crippen molar-refractivity contribution in [3.63, 3.8) is 0 Å². The number of methoxy groups -OCH3 is 1. The number of hydrogen-bond donors (Lipinski definition) is 2. The number of fused-ring (bicyclic) bond motifs is 1. The summed E-state index contributed by atoms with van der Waals surface area (Å²) in [6.45, 7) is 4.81. The number of nitrogens with one attached hydrogen (secondary N) is 2. The monoisotopic (exact) mass is 277 g/mol. The largest absolute Gasteiger partial charge is 0.383 e. The lowest BCUT2D eigenvalue weighted by Crippen LogP contribution is -2.34. The van der Waals surface area contributed by atoms with Crippen LogP contribution in [0.4, 0.5) is 0 Å². The molecule has 0 saturated carbocycles. The minimum absolute atomic E-state index is 0.000147. The van der Waals surface area contributed by atoms with Gasteiger partial charge in [-0.05, 0) is 30.3 Å². The third kappa shape index (κ3) is 4.03. The van der Waals surface area contributed by atoms with Crippen LogP contribution in [-0.4, -0.2) is 51.2 Å². The van der Waals surface area contributed by atoms with Crippen LogP contribution < -0.4 is 10.6 Å². The second kappa shape index (κ2) is 7.38. The van der Waals surface area contributed by atoms with Crippen LogP contribution in [0.3, 0.4) is 0 Å². The van der Waals surface area contributed by atoms with Gasteiger partial charge in [0.1, 0.15) is 0 Å². The molecule has 1 heterocycles. The van der Waals surface area contributed by atoms with Crippen molar-refractivity contribution in [1.29, 1.82) is 0 Å².